The summed E-state index contributed by atoms with van der Waals surface area (Å²) < 4.78 is 0. The van der Waals surface area contributed by atoms with Gasteiger partial charge in [-0.25, -0.2) is 0 Å². The van der Waals surface area contributed by atoms with Crippen LogP contribution in [0.4, 0.5) is 0 Å². The largest absolute Gasteiger partial charge is 0.394 e. The van der Waals surface area contributed by atoms with Crippen molar-refractivity contribution in [1.82, 2.24) is 4.90 Å². The first-order valence-electron chi connectivity index (χ1n) is 5.56. The summed E-state index contributed by atoms with van der Waals surface area (Å²) in [6.45, 7) is 8.64. The fourth-order valence-corrected chi connectivity index (χ4v) is 2.02. The van der Waals surface area contributed by atoms with Gasteiger partial charge < -0.3 is 10.2 Å². The van der Waals surface area contributed by atoms with Crippen LogP contribution in [0.25, 0.3) is 0 Å². The van der Waals surface area contributed by atoms with Crippen LogP contribution in [0.15, 0.2) is 0 Å². The van der Waals surface area contributed by atoms with Gasteiger partial charge in [0, 0.05) is 13.1 Å². The Hall–Kier alpha value is -0.120. The van der Waals surface area contributed by atoms with E-state index in [1.807, 2.05) is 6.92 Å². The molecule has 0 bridgehead atoms. The Balaban J connectivity index is 2.50. The molecule has 1 saturated heterocycles. The number of likely N-dealkylation sites (tertiary alicyclic amines) is 1. The van der Waals surface area contributed by atoms with Crippen LogP contribution in [-0.4, -0.2) is 47.0 Å². The first-order valence-corrected chi connectivity index (χ1v) is 5.56. The third kappa shape index (κ3) is 1.95. The highest BCUT2D eigenvalue weighted by molar-refractivity contribution is 4.96. The molecule has 0 aliphatic carbocycles. The summed E-state index contributed by atoms with van der Waals surface area (Å²) in [5.74, 6) is 1.44. The van der Waals surface area contributed by atoms with Crippen LogP contribution in [0.1, 0.15) is 27.2 Å². The summed E-state index contributed by atoms with van der Waals surface area (Å²) in [5, 5.41) is 18.7. The maximum absolute atomic E-state index is 9.34. The van der Waals surface area contributed by atoms with Crippen molar-refractivity contribution >= 4 is 0 Å². The van der Waals surface area contributed by atoms with E-state index < -0.39 is 0 Å². The SMILES string of the molecule is CCC(CO)(CO)N1CC(C(C)C)C1. The minimum Gasteiger partial charge on any atom is -0.394 e. The second-order valence-corrected chi connectivity index (χ2v) is 4.80. The molecule has 0 saturated carbocycles. The minimum atomic E-state index is -0.370. The standard InChI is InChI=1S/C11H23NO2/c1-4-11(7-13,8-14)12-5-10(6-12)9(2)3/h9-10,13-14H,4-8H2,1-3H3. The first kappa shape index (κ1) is 12.0. The molecule has 0 spiro atoms. The van der Waals surface area contributed by atoms with Gasteiger partial charge in [-0.05, 0) is 18.3 Å². The van der Waals surface area contributed by atoms with E-state index in [9.17, 15) is 10.2 Å². The quantitative estimate of drug-likeness (QED) is 0.688. The molecule has 14 heavy (non-hydrogen) atoms. The second-order valence-electron chi connectivity index (χ2n) is 4.80. The normalized spacial score (nSPS) is 20.1. The van der Waals surface area contributed by atoms with Crippen molar-refractivity contribution < 1.29 is 10.2 Å². The Morgan fingerprint density at radius 3 is 2.07 bits per heavy atom. The second kappa shape index (κ2) is 4.60. The van der Waals surface area contributed by atoms with E-state index in [0.29, 0.717) is 5.92 Å². The van der Waals surface area contributed by atoms with Crippen LogP contribution in [-0.2, 0) is 0 Å². The smallest absolute Gasteiger partial charge is 0.0670 e. The van der Waals surface area contributed by atoms with Gasteiger partial charge in [-0.3, -0.25) is 4.90 Å². The van der Waals surface area contributed by atoms with E-state index in [2.05, 4.69) is 18.7 Å². The molecule has 84 valence electrons. The minimum absolute atomic E-state index is 0.0603. The zero-order valence-electron chi connectivity index (χ0n) is 9.53. The van der Waals surface area contributed by atoms with E-state index >= 15 is 0 Å². The zero-order chi connectivity index (χ0) is 10.8. The van der Waals surface area contributed by atoms with Gasteiger partial charge in [-0.1, -0.05) is 20.8 Å². The van der Waals surface area contributed by atoms with Crippen LogP contribution < -0.4 is 0 Å². The number of hydrogen-bond acceptors (Lipinski definition) is 3. The van der Waals surface area contributed by atoms with Crippen molar-refractivity contribution in [3.8, 4) is 0 Å². The predicted molar refractivity (Wildman–Crippen MR) is 57.1 cm³/mol. The van der Waals surface area contributed by atoms with Crippen molar-refractivity contribution in [2.24, 2.45) is 11.8 Å². The Morgan fingerprint density at radius 2 is 1.79 bits per heavy atom. The van der Waals surface area contributed by atoms with Gasteiger partial charge in [-0.15, -0.1) is 0 Å². The van der Waals surface area contributed by atoms with E-state index in [0.717, 1.165) is 25.4 Å². The maximum Gasteiger partial charge on any atom is 0.0670 e. The molecule has 0 aromatic heterocycles. The molecule has 0 amide bonds. The molecule has 0 aromatic rings. The van der Waals surface area contributed by atoms with Gasteiger partial charge in [0.05, 0.1) is 18.8 Å². The molecule has 1 fully saturated rings. The average Bonchev–Trinajstić information content (AvgIpc) is 2.10. The lowest BCUT2D eigenvalue weighted by molar-refractivity contribution is -0.0855. The van der Waals surface area contributed by atoms with Gasteiger partial charge >= 0.3 is 0 Å². The number of rotatable bonds is 5. The van der Waals surface area contributed by atoms with Gasteiger partial charge in [0.25, 0.3) is 0 Å². The number of aliphatic hydroxyl groups excluding tert-OH is 2. The lowest BCUT2D eigenvalue weighted by atomic mass is 9.82. The average molecular weight is 201 g/mol. The highest BCUT2D eigenvalue weighted by Crippen LogP contribution is 2.31. The maximum atomic E-state index is 9.34. The van der Waals surface area contributed by atoms with Gasteiger partial charge in [-0.2, -0.15) is 0 Å². The highest BCUT2D eigenvalue weighted by Gasteiger charge is 2.42. The summed E-state index contributed by atoms with van der Waals surface area (Å²) in [7, 11) is 0. The molecular formula is C11H23NO2. The van der Waals surface area contributed by atoms with E-state index in [4.69, 9.17) is 0 Å². The third-order valence-electron chi connectivity index (χ3n) is 3.77. The van der Waals surface area contributed by atoms with Crippen molar-refractivity contribution in [1.29, 1.82) is 0 Å². The Morgan fingerprint density at radius 1 is 1.29 bits per heavy atom. The van der Waals surface area contributed by atoms with Crippen LogP contribution in [0, 0.1) is 11.8 Å². The van der Waals surface area contributed by atoms with Gasteiger partial charge in [0.15, 0.2) is 0 Å². The molecule has 0 unspecified atom stereocenters. The molecule has 1 aliphatic heterocycles. The molecule has 1 aliphatic rings. The number of hydrogen-bond donors (Lipinski definition) is 2. The summed E-state index contributed by atoms with van der Waals surface area (Å²) in [4.78, 5) is 2.22. The molecule has 2 N–H and O–H groups in total. The lowest BCUT2D eigenvalue weighted by Crippen LogP contribution is -2.64. The van der Waals surface area contributed by atoms with Crippen molar-refractivity contribution in [2.75, 3.05) is 26.3 Å². The van der Waals surface area contributed by atoms with E-state index in [1.165, 1.54) is 0 Å². The Kier molecular flexibility index (Phi) is 3.93. The predicted octanol–water partition coefficient (Wildman–Crippen LogP) is 0.708. The highest BCUT2D eigenvalue weighted by atomic mass is 16.3. The molecule has 1 heterocycles. The molecular weight excluding hydrogens is 178 g/mol. The fourth-order valence-electron chi connectivity index (χ4n) is 2.02. The van der Waals surface area contributed by atoms with Gasteiger partial charge in [0.2, 0.25) is 0 Å². The summed E-state index contributed by atoms with van der Waals surface area (Å²) >= 11 is 0. The lowest BCUT2D eigenvalue weighted by Gasteiger charge is -2.52. The summed E-state index contributed by atoms with van der Waals surface area (Å²) in [6.07, 6.45) is 0.810. The van der Waals surface area contributed by atoms with Crippen LogP contribution >= 0.6 is 0 Å². The van der Waals surface area contributed by atoms with Crippen LogP contribution in [0.3, 0.4) is 0 Å². The third-order valence-corrected chi connectivity index (χ3v) is 3.77. The number of nitrogens with zero attached hydrogens (tertiary/aromatic N) is 1. The first-order chi connectivity index (χ1) is 6.59. The Bertz CT molecular complexity index is 164. The van der Waals surface area contributed by atoms with Crippen molar-refractivity contribution in [3.63, 3.8) is 0 Å². The molecule has 3 nitrogen and oxygen atoms in total. The van der Waals surface area contributed by atoms with Crippen LogP contribution in [0.5, 0.6) is 0 Å². The van der Waals surface area contributed by atoms with Crippen molar-refractivity contribution in [3.05, 3.63) is 0 Å². The van der Waals surface area contributed by atoms with Crippen LogP contribution in [0.2, 0.25) is 0 Å². The topological polar surface area (TPSA) is 43.7 Å². The molecule has 3 heteroatoms. The summed E-state index contributed by atoms with van der Waals surface area (Å²) in [5.41, 5.74) is -0.370. The fraction of sp³-hybridized carbons (Fsp3) is 1.00. The van der Waals surface area contributed by atoms with E-state index in [1.54, 1.807) is 0 Å². The number of aliphatic hydroxyl groups is 2. The Labute approximate surface area is 86.7 Å². The molecule has 0 aromatic carbocycles. The molecule has 1 rings (SSSR count). The van der Waals surface area contributed by atoms with Crippen molar-refractivity contribution in [2.45, 2.75) is 32.7 Å². The van der Waals surface area contributed by atoms with E-state index in [-0.39, 0.29) is 18.8 Å². The van der Waals surface area contributed by atoms with Gasteiger partial charge in [0.1, 0.15) is 0 Å². The monoisotopic (exact) mass is 201 g/mol. The molecule has 0 atom stereocenters. The zero-order valence-corrected chi connectivity index (χ0v) is 9.53. The summed E-state index contributed by atoms with van der Waals surface area (Å²) in [6, 6.07) is 0. The molecule has 0 radical (unpaired) electrons.